The first-order valence-electron chi connectivity index (χ1n) is 8.86. The molecule has 2 aromatic carbocycles. The van der Waals surface area contributed by atoms with Crippen LogP contribution in [0.15, 0.2) is 54.6 Å². The highest BCUT2D eigenvalue weighted by atomic mass is 16.1. The molecular weight excluding hydrogens is 338 g/mol. The van der Waals surface area contributed by atoms with Crippen molar-refractivity contribution in [3.63, 3.8) is 0 Å². The van der Waals surface area contributed by atoms with E-state index >= 15 is 0 Å². The predicted octanol–water partition coefficient (Wildman–Crippen LogP) is 3.91. The van der Waals surface area contributed by atoms with Gasteiger partial charge in [0.15, 0.2) is 0 Å². The van der Waals surface area contributed by atoms with Crippen LogP contribution in [0, 0.1) is 13.8 Å². The number of carbonyl (C=O) groups excluding carboxylic acids is 1. The maximum absolute atomic E-state index is 11.4. The average Bonchev–Trinajstić information content (AvgIpc) is 3.03. The number of nitrogens with one attached hydrogen (secondary N) is 2. The largest absolute Gasteiger partial charge is 0.324 e. The fourth-order valence-electron chi connectivity index (χ4n) is 3.11. The van der Waals surface area contributed by atoms with E-state index in [1.165, 1.54) is 18.1 Å². The first-order chi connectivity index (χ1) is 13.0. The number of aryl methyl sites for hydroxylation is 2. The highest BCUT2D eigenvalue weighted by Gasteiger charge is 2.25. The molecular formula is C21H21N5O. The van der Waals surface area contributed by atoms with Gasteiger partial charge < -0.3 is 5.32 Å². The summed E-state index contributed by atoms with van der Waals surface area (Å²) < 4.78 is 1.80. The second kappa shape index (κ2) is 6.72. The van der Waals surface area contributed by atoms with Crippen LogP contribution in [0.3, 0.4) is 0 Å². The van der Waals surface area contributed by atoms with E-state index in [0.717, 1.165) is 16.8 Å². The number of fused-ring (bicyclic) bond motifs is 1. The molecule has 6 heteroatoms. The molecule has 3 aromatic rings. The number of anilines is 2. The lowest BCUT2D eigenvalue weighted by atomic mass is 10.0. The summed E-state index contributed by atoms with van der Waals surface area (Å²) in [5.41, 5.74) is 5.56. The van der Waals surface area contributed by atoms with Gasteiger partial charge >= 0.3 is 0 Å². The molecule has 136 valence electrons. The molecule has 0 fully saturated rings. The highest BCUT2D eigenvalue weighted by Crippen LogP contribution is 2.33. The van der Waals surface area contributed by atoms with Gasteiger partial charge in [0.2, 0.25) is 11.9 Å². The molecule has 2 heterocycles. The second-order valence-corrected chi connectivity index (χ2v) is 6.81. The van der Waals surface area contributed by atoms with Crippen molar-refractivity contribution in [3.05, 3.63) is 76.9 Å². The molecule has 2 N–H and O–H groups in total. The van der Waals surface area contributed by atoms with Crippen molar-refractivity contribution in [1.29, 1.82) is 0 Å². The van der Waals surface area contributed by atoms with E-state index in [1.807, 2.05) is 0 Å². The van der Waals surface area contributed by atoms with Gasteiger partial charge in [0.1, 0.15) is 6.04 Å². The Morgan fingerprint density at radius 2 is 1.67 bits per heavy atom. The molecule has 0 saturated carbocycles. The number of amides is 1. The molecule has 0 bridgehead atoms. The number of carbonyl (C=O) groups is 1. The van der Waals surface area contributed by atoms with Gasteiger partial charge in [-0.05, 0) is 31.1 Å². The summed E-state index contributed by atoms with van der Waals surface area (Å²) >= 11 is 0. The van der Waals surface area contributed by atoms with Crippen molar-refractivity contribution in [2.24, 2.45) is 0 Å². The summed E-state index contributed by atoms with van der Waals surface area (Å²) in [6.07, 6.45) is 2.13. The second-order valence-electron chi connectivity index (χ2n) is 6.81. The highest BCUT2D eigenvalue weighted by molar-refractivity contribution is 5.87. The van der Waals surface area contributed by atoms with Crippen LogP contribution in [0.1, 0.15) is 35.2 Å². The molecule has 1 aliphatic heterocycles. The van der Waals surface area contributed by atoms with Gasteiger partial charge in [-0.3, -0.25) is 10.1 Å². The van der Waals surface area contributed by atoms with Gasteiger partial charge in [-0.25, -0.2) is 4.68 Å². The molecule has 1 atom stereocenters. The van der Waals surface area contributed by atoms with Crippen LogP contribution < -0.4 is 10.6 Å². The SMILES string of the molecule is CC(=O)Nc1nc2n(n1)C(c1ccc(C)cc1)C=C(c1ccc(C)cc1)N2. The third kappa shape index (κ3) is 3.46. The van der Waals surface area contributed by atoms with E-state index in [9.17, 15) is 4.79 Å². The number of rotatable bonds is 3. The van der Waals surface area contributed by atoms with Crippen LogP contribution in [0.25, 0.3) is 5.70 Å². The molecule has 4 rings (SSSR count). The smallest absolute Gasteiger partial charge is 0.250 e. The topological polar surface area (TPSA) is 71.8 Å². The zero-order valence-corrected chi connectivity index (χ0v) is 15.5. The lowest BCUT2D eigenvalue weighted by Crippen LogP contribution is -2.20. The van der Waals surface area contributed by atoms with E-state index in [0.29, 0.717) is 11.9 Å². The molecule has 1 amide bonds. The molecule has 0 saturated heterocycles. The zero-order valence-electron chi connectivity index (χ0n) is 15.5. The normalized spacial score (nSPS) is 15.5. The number of hydrogen-bond donors (Lipinski definition) is 2. The zero-order chi connectivity index (χ0) is 19.0. The fourth-order valence-corrected chi connectivity index (χ4v) is 3.11. The standard InChI is InChI=1S/C21H21N5O/c1-13-4-8-16(9-5-13)18-12-19(17-10-6-14(2)7-11-17)26-21(23-18)24-20(25-26)22-15(3)27/h4-12,19H,1-3H3,(H2,22,23,24,25,27). The Kier molecular flexibility index (Phi) is 4.24. The number of aromatic nitrogens is 3. The van der Waals surface area contributed by atoms with Crippen molar-refractivity contribution >= 4 is 23.5 Å². The Labute approximate surface area is 157 Å². The van der Waals surface area contributed by atoms with Crippen molar-refractivity contribution in [2.75, 3.05) is 10.6 Å². The Bertz CT molecular complexity index is 1020. The molecule has 0 spiro atoms. The van der Waals surface area contributed by atoms with E-state index in [1.54, 1.807) is 4.68 Å². The van der Waals surface area contributed by atoms with Crippen LogP contribution in [-0.4, -0.2) is 20.7 Å². The first kappa shape index (κ1) is 17.0. The third-order valence-electron chi connectivity index (χ3n) is 4.54. The summed E-state index contributed by atoms with van der Waals surface area (Å²) in [7, 11) is 0. The third-order valence-corrected chi connectivity index (χ3v) is 4.54. The maximum atomic E-state index is 11.4. The van der Waals surface area contributed by atoms with Gasteiger partial charge in [0, 0.05) is 12.6 Å². The van der Waals surface area contributed by atoms with Crippen LogP contribution in [0.4, 0.5) is 11.9 Å². The molecule has 1 unspecified atom stereocenters. The van der Waals surface area contributed by atoms with E-state index < -0.39 is 0 Å². The molecule has 1 aromatic heterocycles. The van der Waals surface area contributed by atoms with Gasteiger partial charge in [-0.2, -0.15) is 4.98 Å². The molecule has 1 aliphatic rings. The minimum atomic E-state index is -0.198. The van der Waals surface area contributed by atoms with Crippen LogP contribution in [0.2, 0.25) is 0 Å². The van der Waals surface area contributed by atoms with Crippen molar-refractivity contribution in [3.8, 4) is 0 Å². The summed E-state index contributed by atoms with van der Waals surface area (Å²) in [5.74, 6) is 0.694. The molecule has 27 heavy (non-hydrogen) atoms. The van der Waals surface area contributed by atoms with Crippen LogP contribution in [0.5, 0.6) is 0 Å². The Morgan fingerprint density at radius 1 is 1.04 bits per heavy atom. The van der Waals surface area contributed by atoms with Crippen LogP contribution >= 0.6 is 0 Å². The molecule has 0 aliphatic carbocycles. The fraction of sp³-hybridized carbons (Fsp3) is 0.190. The minimum Gasteiger partial charge on any atom is -0.324 e. The van der Waals surface area contributed by atoms with Crippen molar-refractivity contribution < 1.29 is 4.79 Å². The number of nitrogens with zero attached hydrogens (tertiary/aromatic N) is 3. The Morgan fingerprint density at radius 3 is 2.30 bits per heavy atom. The predicted molar refractivity (Wildman–Crippen MR) is 106 cm³/mol. The Hall–Kier alpha value is -3.41. The van der Waals surface area contributed by atoms with E-state index in [2.05, 4.69) is 89.2 Å². The van der Waals surface area contributed by atoms with Crippen LogP contribution in [-0.2, 0) is 4.79 Å². The average molecular weight is 359 g/mol. The van der Waals surface area contributed by atoms with Gasteiger partial charge in [-0.15, -0.1) is 5.10 Å². The monoisotopic (exact) mass is 359 g/mol. The summed E-state index contributed by atoms with van der Waals surface area (Å²) in [6.45, 7) is 5.58. The van der Waals surface area contributed by atoms with Crippen molar-refractivity contribution in [2.45, 2.75) is 26.8 Å². The summed E-state index contributed by atoms with van der Waals surface area (Å²) in [4.78, 5) is 15.8. The minimum absolute atomic E-state index is 0.117. The number of allylic oxidation sites excluding steroid dienone is 1. The number of benzene rings is 2. The van der Waals surface area contributed by atoms with Gasteiger partial charge in [0.25, 0.3) is 5.95 Å². The summed E-state index contributed by atoms with van der Waals surface area (Å²) in [5, 5.41) is 10.5. The van der Waals surface area contributed by atoms with Gasteiger partial charge in [-0.1, -0.05) is 59.7 Å². The lowest BCUT2D eigenvalue weighted by molar-refractivity contribution is -0.114. The quantitative estimate of drug-likeness (QED) is 0.744. The van der Waals surface area contributed by atoms with Crippen molar-refractivity contribution in [1.82, 2.24) is 14.8 Å². The maximum Gasteiger partial charge on any atom is 0.250 e. The summed E-state index contributed by atoms with van der Waals surface area (Å²) in [6, 6.07) is 16.6. The Balaban J connectivity index is 1.79. The lowest BCUT2D eigenvalue weighted by Gasteiger charge is -2.24. The van der Waals surface area contributed by atoms with E-state index in [4.69, 9.17) is 0 Å². The van der Waals surface area contributed by atoms with Gasteiger partial charge in [0.05, 0.1) is 0 Å². The molecule has 0 radical (unpaired) electrons. The molecule has 6 nitrogen and oxygen atoms in total. The first-order valence-corrected chi connectivity index (χ1v) is 8.86. The number of hydrogen-bond acceptors (Lipinski definition) is 4. The van der Waals surface area contributed by atoms with E-state index in [-0.39, 0.29) is 11.9 Å².